The van der Waals surface area contributed by atoms with Crippen LogP contribution in [0.25, 0.3) is 0 Å². The Kier molecular flexibility index (Phi) is 7.13. The molecule has 30 heavy (non-hydrogen) atoms. The molecule has 4 rings (SSSR count). The van der Waals surface area contributed by atoms with Crippen LogP contribution in [-0.2, 0) is 22.5 Å². The van der Waals surface area contributed by atoms with Crippen LogP contribution in [0.5, 0.6) is 0 Å². The number of halogens is 1. The summed E-state index contributed by atoms with van der Waals surface area (Å²) in [6, 6.07) is 16.8. The zero-order valence-electron chi connectivity index (χ0n) is 17.5. The number of carbonyl (C=O) groups excluding carboxylic acids is 1. The minimum Gasteiger partial charge on any atom is -0.375 e. The van der Waals surface area contributed by atoms with E-state index in [1.54, 1.807) is 12.1 Å². The number of rotatable bonds is 6. The summed E-state index contributed by atoms with van der Waals surface area (Å²) in [5.41, 5.74) is 2.23. The smallest absolute Gasteiger partial charge is 0.226 e. The second-order valence-electron chi connectivity index (χ2n) is 8.48. The molecule has 0 saturated carbocycles. The van der Waals surface area contributed by atoms with E-state index in [-0.39, 0.29) is 17.8 Å². The molecular formula is C25H31FN2O2. The molecule has 0 atom stereocenters. The van der Waals surface area contributed by atoms with Gasteiger partial charge in [-0.1, -0.05) is 42.5 Å². The summed E-state index contributed by atoms with van der Waals surface area (Å²) in [5.74, 6) is -0.149. The number of benzene rings is 2. The molecule has 2 fully saturated rings. The van der Waals surface area contributed by atoms with Crippen LogP contribution in [0.4, 0.5) is 4.39 Å². The molecule has 4 nitrogen and oxygen atoms in total. The number of carbonyl (C=O) groups is 1. The SMILES string of the molecule is O=C(Cc1ccc(F)cc1)N1CCC(OC2CCN(Cc3ccccc3)CC2)CC1. The van der Waals surface area contributed by atoms with Crippen LogP contribution in [0, 0.1) is 5.82 Å². The highest BCUT2D eigenvalue weighted by Gasteiger charge is 2.27. The Morgan fingerprint density at radius 3 is 2.07 bits per heavy atom. The highest BCUT2D eigenvalue weighted by Crippen LogP contribution is 2.22. The highest BCUT2D eigenvalue weighted by molar-refractivity contribution is 5.78. The maximum atomic E-state index is 13.0. The Morgan fingerprint density at radius 2 is 1.43 bits per heavy atom. The van der Waals surface area contributed by atoms with Crippen LogP contribution in [0.15, 0.2) is 54.6 Å². The van der Waals surface area contributed by atoms with Gasteiger partial charge in [-0.15, -0.1) is 0 Å². The van der Waals surface area contributed by atoms with E-state index in [0.29, 0.717) is 12.5 Å². The van der Waals surface area contributed by atoms with E-state index in [2.05, 4.69) is 35.2 Å². The standard InChI is InChI=1S/C25H31FN2O2/c26-22-8-6-20(7-9-22)18-25(29)28-16-12-24(13-17-28)30-23-10-14-27(15-11-23)19-21-4-2-1-3-5-21/h1-9,23-24H,10-19H2. The number of hydrogen-bond acceptors (Lipinski definition) is 3. The molecule has 2 saturated heterocycles. The Labute approximate surface area is 178 Å². The maximum absolute atomic E-state index is 13.0. The molecule has 0 spiro atoms. The molecule has 0 aromatic heterocycles. The topological polar surface area (TPSA) is 32.8 Å². The van der Waals surface area contributed by atoms with Crippen LogP contribution >= 0.6 is 0 Å². The lowest BCUT2D eigenvalue weighted by molar-refractivity contribution is -0.134. The first-order valence-corrected chi connectivity index (χ1v) is 11.1. The molecule has 2 aliphatic heterocycles. The molecule has 0 unspecified atom stereocenters. The van der Waals surface area contributed by atoms with Gasteiger partial charge < -0.3 is 9.64 Å². The summed E-state index contributed by atoms with van der Waals surface area (Å²) >= 11 is 0. The van der Waals surface area contributed by atoms with E-state index in [1.165, 1.54) is 17.7 Å². The molecule has 0 aliphatic carbocycles. The number of hydrogen-bond donors (Lipinski definition) is 0. The lowest BCUT2D eigenvalue weighted by atomic mass is 10.0. The van der Waals surface area contributed by atoms with Crippen molar-refractivity contribution in [2.75, 3.05) is 26.2 Å². The predicted octanol–water partition coefficient (Wildman–Crippen LogP) is 4.04. The van der Waals surface area contributed by atoms with E-state index < -0.39 is 0 Å². The Bertz CT molecular complexity index is 796. The van der Waals surface area contributed by atoms with Gasteiger partial charge in [-0.05, 0) is 48.9 Å². The van der Waals surface area contributed by atoms with Gasteiger partial charge in [0, 0.05) is 32.7 Å². The van der Waals surface area contributed by atoms with Gasteiger partial charge in [0.1, 0.15) is 5.82 Å². The van der Waals surface area contributed by atoms with Crippen LogP contribution in [0.2, 0.25) is 0 Å². The van der Waals surface area contributed by atoms with Crippen molar-refractivity contribution in [2.24, 2.45) is 0 Å². The first kappa shape index (κ1) is 21.0. The fourth-order valence-electron chi connectivity index (χ4n) is 4.45. The first-order chi connectivity index (χ1) is 14.7. The first-order valence-electron chi connectivity index (χ1n) is 11.1. The number of likely N-dealkylation sites (tertiary alicyclic amines) is 2. The average Bonchev–Trinajstić information content (AvgIpc) is 2.78. The van der Waals surface area contributed by atoms with Gasteiger partial charge in [0.2, 0.25) is 5.91 Å². The molecule has 2 aromatic carbocycles. The molecule has 2 aromatic rings. The van der Waals surface area contributed by atoms with Gasteiger partial charge in [0.15, 0.2) is 0 Å². The van der Waals surface area contributed by atoms with Gasteiger partial charge >= 0.3 is 0 Å². The van der Waals surface area contributed by atoms with Gasteiger partial charge in [-0.25, -0.2) is 4.39 Å². The maximum Gasteiger partial charge on any atom is 0.226 e. The second-order valence-corrected chi connectivity index (χ2v) is 8.48. The van der Waals surface area contributed by atoms with Crippen LogP contribution in [0.3, 0.4) is 0 Å². The second kappa shape index (κ2) is 10.2. The number of amides is 1. The summed E-state index contributed by atoms with van der Waals surface area (Å²) < 4.78 is 19.4. The highest BCUT2D eigenvalue weighted by atomic mass is 19.1. The van der Waals surface area contributed by atoms with E-state index in [9.17, 15) is 9.18 Å². The van der Waals surface area contributed by atoms with Crippen LogP contribution < -0.4 is 0 Å². The van der Waals surface area contributed by atoms with Crippen molar-refractivity contribution < 1.29 is 13.9 Å². The Morgan fingerprint density at radius 1 is 0.833 bits per heavy atom. The third kappa shape index (κ3) is 5.89. The van der Waals surface area contributed by atoms with Gasteiger partial charge in [-0.3, -0.25) is 9.69 Å². The molecule has 160 valence electrons. The normalized spacial score (nSPS) is 19.2. The number of ether oxygens (including phenoxy) is 1. The minimum absolute atomic E-state index is 0.120. The minimum atomic E-state index is -0.268. The summed E-state index contributed by atoms with van der Waals surface area (Å²) in [5, 5.41) is 0. The average molecular weight is 411 g/mol. The lowest BCUT2D eigenvalue weighted by Crippen LogP contribution is -2.44. The quantitative estimate of drug-likeness (QED) is 0.721. The Hall–Kier alpha value is -2.24. The monoisotopic (exact) mass is 410 g/mol. The van der Waals surface area contributed by atoms with E-state index in [0.717, 1.165) is 64.0 Å². The van der Waals surface area contributed by atoms with E-state index >= 15 is 0 Å². The molecule has 2 heterocycles. The fourth-order valence-corrected chi connectivity index (χ4v) is 4.45. The molecule has 0 N–H and O–H groups in total. The van der Waals surface area contributed by atoms with Gasteiger partial charge in [-0.2, -0.15) is 0 Å². The number of nitrogens with zero attached hydrogens (tertiary/aromatic N) is 2. The van der Waals surface area contributed by atoms with Crippen molar-refractivity contribution in [1.29, 1.82) is 0 Å². The molecule has 0 bridgehead atoms. The third-order valence-corrected chi connectivity index (χ3v) is 6.23. The zero-order valence-corrected chi connectivity index (χ0v) is 17.5. The molecule has 5 heteroatoms. The molecule has 2 aliphatic rings. The van der Waals surface area contributed by atoms with Gasteiger partial charge in [0.05, 0.1) is 18.6 Å². The largest absolute Gasteiger partial charge is 0.375 e. The van der Waals surface area contributed by atoms with E-state index in [4.69, 9.17) is 4.74 Å². The summed E-state index contributed by atoms with van der Waals surface area (Å²) in [6.07, 6.45) is 4.89. The summed E-state index contributed by atoms with van der Waals surface area (Å²) in [7, 11) is 0. The van der Waals surface area contributed by atoms with E-state index in [1.807, 2.05) is 4.90 Å². The van der Waals surface area contributed by atoms with Gasteiger partial charge in [0.25, 0.3) is 0 Å². The Balaban J connectivity index is 1.15. The summed E-state index contributed by atoms with van der Waals surface area (Å²) in [4.78, 5) is 16.9. The predicted molar refractivity (Wildman–Crippen MR) is 116 cm³/mol. The number of piperidine rings is 2. The lowest BCUT2D eigenvalue weighted by Gasteiger charge is -2.37. The van der Waals surface area contributed by atoms with Crippen molar-refractivity contribution in [1.82, 2.24) is 9.80 Å². The molecular weight excluding hydrogens is 379 g/mol. The fraction of sp³-hybridized carbons (Fsp3) is 0.480. The zero-order chi connectivity index (χ0) is 20.8. The van der Waals surface area contributed by atoms with Crippen LogP contribution in [0.1, 0.15) is 36.8 Å². The van der Waals surface area contributed by atoms with Crippen LogP contribution in [-0.4, -0.2) is 54.1 Å². The third-order valence-electron chi connectivity index (χ3n) is 6.23. The van der Waals surface area contributed by atoms with Crippen molar-refractivity contribution in [3.63, 3.8) is 0 Å². The van der Waals surface area contributed by atoms with Crippen molar-refractivity contribution in [2.45, 2.75) is 50.9 Å². The van der Waals surface area contributed by atoms with Crippen molar-refractivity contribution >= 4 is 5.91 Å². The molecule has 1 amide bonds. The van der Waals surface area contributed by atoms with Crippen molar-refractivity contribution in [3.8, 4) is 0 Å². The summed E-state index contributed by atoms with van der Waals surface area (Å²) in [6.45, 7) is 4.67. The van der Waals surface area contributed by atoms with Crippen molar-refractivity contribution in [3.05, 3.63) is 71.5 Å². The molecule has 0 radical (unpaired) electrons.